The molecule has 0 fully saturated rings. The van der Waals surface area contributed by atoms with Crippen LogP contribution in [0.3, 0.4) is 0 Å². The Morgan fingerprint density at radius 3 is 2.57 bits per heavy atom. The van der Waals surface area contributed by atoms with E-state index >= 15 is 0 Å². The van der Waals surface area contributed by atoms with Gasteiger partial charge in [0.2, 0.25) is 0 Å². The van der Waals surface area contributed by atoms with Crippen molar-refractivity contribution in [1.82, 2.24) is 9.99 Å². The maximum Gasteiger partial charge on any atom is 0.275 e. The molecule has 0 unspecified atom stereocenters. The summed E-state index contributed by atoms with van der Waals surface area (Å²) in [6, 6.07) is 10.3. The molecule has 148 valence electrons. The molecule has 3 rings (SSSR count). The third kappa shape index (κ3) is 4.84. The van der Waals surface area contributed by atoms with Gasteiger partial charge in [-0.25, -0.2) is 13.4 Å². The Hall–Kier alpha value is -2.54. The molecule has 0 atom stereocenters. The van der Waals surface area contributed by atoms with Crippen molar-refractivity contribution in [2.75, 3.05) is 12.3 Å². The third-order valence-corrected chi connectivity index (χ3v) is 6.57. The second kappa shape index (κ2) is 9.10. The highest BCUT2D eigenvalue weighted by Gasteiger charge is 2.23. The van der Waals surface area contributed by atoms with Crippen molar-refractivity contribution < 1.29 is 13.2 Å². The summed E-state index contributed by atoms with van der Waals surface area (Å²) in [5.41, 5.74) is 2.12. The minimum atomic E-state index is -3.25. The number of amides is 1. The van der Waals surface area contributed by atoms with Crippen molar-refractivity contribution in [3.63, 3.8) is 0 Å². The van der Waals surface area contributed by atoms with Gasteiger partial charge in [-0.2, -0.15) is 5.10 Å². The van der Waals surface area contributed by atoms with Gasteiger partial charge in [0.15, 0.2) is 9.84 Å². The highest BCUT2D eigenvalue weighted by Crippen LogP contribution is 2.19. The lowest BCUT2D eigenvalue weighted by Crippen LogP contribution is -2.23. The average molecular weight is 400 g/mol. The fourth-order valence-electron chi connectivity index (χ4n) is 3.14. The zero-order valence-electron chi connectivity index (χ0n) is 16.0. The molecule has 0 aliphatic carbocycles. The van der Waals surface area contributed by atoms with Gasteiger partial charge in [-0.15, -0.1) is 0 Å². The maximum absolute atomic E-state index is 12.5. The maximum atomic E-state index is 12.5. The predicted molar refractivity (Wildman–Crippen MR) is 109 cm³/mol. The molecule has 0 saturated carbocycles. The lowest BCUT2D eigenvalue weighted by Gasteiger charge is -2.10. The Morgan fingerprint density at radius 2 is 1.89 bits per heavy atom. The van der Waals surface area contributed by atoms with Crippen molar-refractivity contribution in [2.24, 2.45) is 5.10 Å². The highest BCUT2D eigenvalue weighted by molar-refractivity contribution is 7.91. The molecule has 6 nitrogen and oxygen atoms in total. The Morgan fingerprint density at radius 1 is 1.11 bits per heavy atom. The van der Waals surface area contributed by atoms with Gasteiger partial charge in [0.1, 0.15) is 0 Å². The van der Waals surface area contributed by atoms with Crippen molar-refractivity contribution in [1.29, 1.82) is 0 Å². The highest BCUT2D eigenvalue weighted by atomic mass is 32.2. The summed E-state index contributed by atoms with van der Waals surface area (Å²) in [7, 11) is -3.25. The summed E-state index contributed by atoms with van der Waals surface area (Å²) < 4.78 is 24.9. The SMILES string of the molecule is CCCCCCS(=O)(=O)c1ccc(C2=NN(C(=O)c3cccnc3)CC2)cc1. The number of nitrogens with zero attached hydrogens (tertiary/aromatic N) is 3. The van der Waals surface area contributed by atoms with E-state index in [0.29, 0.717) is 29.8 Å². The zero-order valence-corrected chi connectivity index (χ0v) is 16.9. The van der Waals surface area contributed by atoms with Gasteiger partial charge in [0.05, 0.1) is 28.5 Å². The van der Waals surface area contributed by atoms with Crippen LogP contribution in [0.1, 0.15) is 54.9 Å². The number of carbonyl (C=O) groups is 1. The Kier molecular flexibility index (Phi) is 6.57. The quantitative estimate of drug-likeness (QED) is 0.634. The second-order valence-electron chi connectivity index (χ2n) is 6.87. The Balaban J connectivity index is 1.67. The minimum Gasteiger partial charge on any atom is -0.267 e. The van der Waals surface area contributed by atoms with E-state index in [1.165, 1.54) is 11.2 Å². The minimum absolute atomic E-state index is 0.181. The number of benzene rings is 1. The Bertz CT molecular complexity index is 939. The van der Waals surface area contributed by atoms with Crippen LogP contribution in [0.15, 0.2) is 58.8 Å². The van der Waals surface area contributed by atoms with E-state index in [4.69, 9.17) is 0 Å². The summed E-state index contributed by atoms with van der Waals surface area (Å²) in [6.07, 6.45) is 7.54. The Labute approximate surface area is 166 Å². The summed E-state index contributed by atoms with van der Waals surface area (Å²) >= 11 is 0. The van der Waals surface area contributed by atoms with Crippen LogP contribution in [0.2, 0.25) is 0 Å². The number of hydrazone groups is 1. The molecule has 1 amide bonds. The lowest BCUT2D eigenvalue weighted by atomic mass is 10.1. The molecule has 2 heterocycles. The summed E-state index contributed by atoms with van der Waals surface area (Å²) in [4.78, 5) is 16.8. The first-order valence-corrected chi connectivity index (χ1v) is 11.3. The second-order valence-corrected chi connectivity index (χ2v) is 8.98. The molecule has 0 saturated heterocycles. The van der Waals surface area contributed by atoms with E-state index in [9.17, 15) is 13.2 Å². The van der Waals surface area contributed by atoms with Crippen molar-refractivity contribution in [3.8, 4) is 0 Å². The van der Waals surface area contributed by atoms with Gasteiger partial charge in [0.25, 0.3) is 5.91 Å². The molecular formula is C21H25N3O3S. The number of unbranched alkanes of at least 4 members (excludes halogenated alkanes) is 3. The zero-order chi connectivity index (χ0) is 20.0. The van der Waals surface area contributed by atoms with E-state index in [2.05, 4.69) is 17.0 Å². The molecule has 0 bridgehead atoms. The molecule has 0 radical (unpaired) electrons. The molecule has 1 aliphatic rings. The summed E-state index contributed by atoms with van der Waals surface area (Å²) in [5, 5.41) is 5.85. The van der Waals surface area contributed by atoms with Crippen LogP contribution in [0, 0.1) is 0 Å². The van der Waals surface area contributed by atoms with Gasteiger partial charge in [0, 0.05) is 18.8 Å². The van der Waals surface area contributed by atoms with Gasteiger partial charge >= 0.3 is 0 Å². The fourth-order valence-corrected chi connectivity index (χ4v) is 4.51. The lowest BCUT2D eigenvalue weighted by molar-refractivity contribution is 0.0778. The fraction of sp³-hybridized carbons (Fsp3) is 0.381. The summed E-state index contributed by atoms with van der Waals surface area (Å²) in [6.45, 7) is 2.60. The van der Waals surface area contributed by atoms with Crippen molar-refractivity contribution >= 4 is 21.5 Å². The first-order valence-electron chi connectivity index (χ1n) is 9.64. The van der Waals surface area contributed by atoms with E-state index < -0.39 is 9.84 Å². The monoisotopic (exact) mass is 399 g/mol. The van der Waals surface area contributed by atoms with Crippen LogP contribution >= 0.6 is 0 Å². The number of aromatic nitrogens is 1. The van der Waals surface area contributed by atoms with E-state index in [0.717, 1.165) is 30.5 Å². The van der Waals surface area contributed by atoms with Crippen LogP contribution < -0.4 is 0 Å². The van der Waals surface area contributed by atoms with Crippen LogP contribution in [0.4, 0.5) is 0 Å². The smallest absolute Gasteiger partial charge is 0.267 e. The third-order valence-electron chi connectivity index (χ3n) is 4.76. The van der Waals surface area contributed by atoms with Gasteiger partial charge in [-0.05, 0) is 36.2 Å². The number of rotatable bonds is 8. The van der Waals surface area contributed by atoms with Crippen LogP contribution in [0.5, 0.6) is 0 Å². The van der Waals surface area contributed by atoms with Gasteiger partial charge < -0.3 is 0 Å². The molecule has 2 aromatic rings. The van der Waals surface area contributed by atoms with Crippen molar-refractivity contribution in [2.45, 2.75) is 43.9 Å². The van der Waals surface area contributed by atoms with Gasteiger partial charge in [-0.1, -0.05) is 38.3 Å². The molecule has 28 heavy (non-hydrogen) atoms. The largest absolute Gasteiger partial charge is 0.275 e. The molecular weight excluding hydrogens is 374 g/mol. The normalized spacial score (nSPS) is 14.2. The molecule has 0 spiro atoms. The van der Waals surface area contributed by atoms with E-state index in [1.807, 2.05) is 0 Å². The number of pyridine rings is 1. The average Bonchev–Trinajstić information content (AvgIpc) is 3.22. The summed E-state index contributed by atoms with van der Waals surface area (Å²) in [5.74, 6) is -0.00453. The molecule has 1 aromatic heterocycles. The number of hydrogen-bond acceptors (Lipinski definition) is 5. The topological polar surface area (TPSA) is 79.7 Å². The molecule has 1 aromatic carbocycles. The van der Waals surface area contributed by atoms with Gasteiger partial charge in [-0.3, -0.25) is 9.78 Å². The number of hydrogen-bond donors (Lipinski definition) is 0. The van der Waals surface area contributed by atoms with E-state index in [-0.39, 0.29) is 11.7 Å². The first kappa shape index (κ1) is 20.2. The number of sulfone groups is 1. The van der Waals surface area contributed by atoms with Crippen molar-refractivity contribution in [3.05, 3.63) is 59.9 Å². The molecule has 7 heteroatoms. The number of carbonyl (C=O) groups excluding carboxylic acids is 1. The first-order chi connectivity index (χ1) is 13.5. The van der Waals surface area contributed by atoms with Crippen LogP contribution in [0.25, 0.3) is 0 Å². The standard InChI is InChI=1S/C21H25N3O3S/c1-2-3-4-5-15-28(26,27)19-10-8-17(9-11-19)20-12-14-24(23-20)21(25)18-7-6-13-22-16-18/h6-11,13,16H,2-5,12,14-15H2,1H3. The molecule has 1 aliphatic heterocycles. The predicted octanol–water partition coefficient (Wildman–Crippen LogP) is 3.69. The molecule has 0 N–H and O–H groups in total. The van der Waals surface area contributed by atoms with E-state index in [1.54, 1.807) is 42.6 Å². The van der Waals surface area contributed by atoms with Crippen LogP contribution in [-0.4, -0.2) is 42.3 Å². The van der Waals surface area contributed by atoms with Crippen LogP contribution in [-0.2, 0) is 9.84 Å².